The Bertz CT molecular complexity index is 456. The largest absolute Gasteiger partial charge is 0.481 e. The van der Waals surface area contributed by atoms with Gasteiger partial charge in [0.15, 0.2) is 0 Å². The number of carboxylic acids is 1. The Labute approximate surface area is 227 Å². The van der Waals surface area contributed by atoms with Gasteiger partial charge in [0.05, 0.1) is 5.92 Å². The van der Waals surface area contributed by atoms with Crippen molar-refractivity contribution < 1.29 is 9.90 Å². The van der Waals surface area contributed by atoms with Crippen LogP contribution in [0.2, 0.25) is 0 Å². The van der Waals surface area contributed by atoms with Crippen molar-refractivity contribution in [1.82, 2.24) is 0 Å². The van der Waals surface area contributed by atoms with Crippen LogP contribution >= 0.6 is 0 Å². The summed E-state index contributed by atoms with van der Waals surface area (Å²) in [7, 11) is 0. The van der Waals surface area contributed by atoms with E-state index in [0.29, 0.717) is 0 Å². The van der Waals surface area contributed by atoms with Crippen molar-refractivity contribution in [3.05, 3.63) is 12.2 Å². The Morgan fingerprint density at radius 1 is 0.472 bits per heavy atom. The van der Waals surface area contributed by atoms with Crippen LogP contribution in [0.5, 0.6) is 0 Å². The minimum atomic E-state index is -0.563. The molecule has 0 amide bonds. The molecule has 0 saturated carbocycles. The Morgan fingerprint density at radius 3 is 1.06 bits per heavy atom. The van der Waals surface area contributed by atoms with Gasteiger partial charge in [-0.2, -0.15) is 0 Å². The molecule has 0 spiro atoms. The summed E-state index contributed by atoms with van der Waals surface area (Å²) in [6.45, 7) is 4.55. The molecule has 1 atom stereocenters. The zero-order valence-corrected chi connectivity index (χ0v) is 24.9. The summed E-state index contributed by atoms with van der Waals surface area (Å²) in [5.74, 6) is -0.667. The fourth-order valence-electron chi connectivity index (χ4n) is 5.26. The van der Waals surface area contributed by atoms with Gasteiger partial charge in [-0.15, -0.1) is 0 Å². The van der Waals surface area contributed by atoms with Gasteiger partial charge in [-0.3, -0.25) is 4.79 Å². The van der Waals surface area contributed by atoms with Gasteiger partial charge in [0.2, 0.25) is 0 Å². The van der Waals surface area contributed by atoms with Crippen molar-refractivity contribution in [3.63, 3.8) is 0 Å². The predicted octanol–water partition coefficient (Wildman–Crippen LogP) is 12.2. The zero-order valence-electron chi connectivity index (χ0n) is 24.9. The number of unbranched alkanes of at least 4 members (excludes halogenated alkanes) is 23. The highest BCUT2D eigenvalue weighted by Crippen LogP contribution is 2.20. The predicted molar refractivity (Wildman–Crippen MR) is 161 cm³/mol. The normalized spacial score (nSPS) is 12.5. The van der Waals surface area contributed by atoms with Crippen LogP contribution in [-0.4, -0.2) is 11.1 Å². The van der Waals surface area contributed by atoms with E-state index in [1.165, 1.54) is 154 Å². The third-order valence-electron chi connectivity index (χ3n) is 7.82. The summed E-state index contributed by atoms with van der Waals surface area (Å²) >= 11 is 0. The van der Waals surface area contributed by atoms with Gasteiger partial charge >= 0.3 is 5.97 Å². The second kappa shape index (κ2) is 30.4. The molecule has 0 radical (unpaired) electrons. The maximum absolute atomic E-state index is 11.6. The molecule has 0 aromatic heterocycles. The molecule has 0 aliphatic rings. The molecule has 1 unspecified atom stereocenters. The van der Waals surface area contributed by atoms with Crippen LogP contribution in [0.4, 0.5) is 0 Å². The van der Waals surface area contributed by atoms with E-state index in [1.54, 1.807) is 0 Å². The molecule has 0 aromatic rings. The van der Waals surface area contributed by atoms with E-state index in [-0.39, 0.29) is 5.92 Å². The lowest BCUT2D eigenvalue weighted by molar-refractivity contribution is -0.142. The lowest BCUT2D eigenvalue weighted by atomic mass is 9.94. The average Bonchev–Trinajstić information content (AvgIpc) is 2.87. The van der Waals surface area contributed by atoms with Crippen molar-refractivity contribution in [2.45, 2.75) is 194 Å². The molecule has 1 N–H and O–H groups in total. The van der Waals surface area contributed by atoms with E-state index in [9.17, 15) is 9.90 Å². The third kappa shape index (κ3) is 27.8. The molecule has 2 heteroatoms. The smallest absolute Gasteiger partial charge is 0.306 e. The number of hydrogen-bond acceptors (Lipinski definition) is 1. The summed E-state index contributed by atoms with van der Waals surface area (Å²) in [5.41, 5.74) is 0. The molecule has 2 nitrogen and oxygen atoms in total. The van der Waals surface area contributed by atoms with Crippen LogP contribution in [-0.2, 0) is 4.79 Å². The minimum absolute atomic E-state index is 0.104. The summed E-state index contributed by atoms with van der Waals surface area (Å²) in [4.78, 5) is 11.6. The first-order valence-corrected chi connectivity index (χ1v) is 16.6. The fraction of sp³-hybridized carbons (Fsp3) is 0.912. The maximum atomic E-state index is 11.6. The van der Waals surface area contributed by atoms with Gasteiger partial charge in [0, 0.05) is 0 Å². The van der Waals surface area contributed by atoms with Crippen molar-refractivity contribution in [1.29, 1.82) is 0 Å². The molecule has 0 saturated heterocycles. The monoisotopic (exact) mass is 507 g/mol. The van der Waals surface area contributed by atoms with Crippen LogP contribution in [0.25, 0.3) is 0 Å². The minimum Gasteiger partial charge on any atom is -0.481 e. The van der Waals surface area contributed by atoms with Gasteiger partial charge < -0.3 is 5.11 Å². The molecule has 0 rings (SSSR count). The quantitative estimate of drug-likeness (QED) is 0.0776. The van der Waals surface area contributed by atoms with Crippen LogP contribution in [0, 0.1) is 5.92 Å². The Morgan fingerprint density at radius 2 is 0.750 bits per heavy atom. The first kappa shape index (κ1) is 35.2. The van der Waals surface area contributed by atoms with E-state index in [0.717, 1.165) is 25.7 Å². The SMILES string of the molecule is CCCCCCCC/C=C\CCCCCCCCCCC(CCCCCCCCCCCC)C(=O)O. The highest BCUT2D eigenvalue weighted by molar-refractivity contribution is 5.69. The molecule has 0 aliphatic carbocycles. The number of carbonyl (C=O) groups is 1. The van der Waals surface area contributed by atoms with Crippen LogP contribution in [0.3, 0.4) is 0 Å². The van der Waals surface area contributed by atoms with Crippen LogP contribution in [0.1, 0.15) is 194 Å². The summed E-state index contributed by atoms with van der Waals surface area (Å²) < 4.78 is 0. The van der Waals surface area contributed by atoms with Gasteiger partial charge in [-0.05, 0) is 38.5 Å². The van der Waals surface area contributed by atoms with E-state index in [1.807, 2.05) is 0 Å². The first-order valence-electron chi connectivity index (χ1n) is 16.6. The van der Waals surface area contributed by atoms with Gasteiger partial charge in [0.1, 0.15) is 0 Å². The summed E-state index contributed by atoms with van der Waals surface area (Å²) in [5, 5.41) is 9.56. The zero-order chi connectivity index (χ0) is 26.4. The number of carboxylic acid groups (broad SMARTS) is 1. The molecular weight excluding hydrogens is 440 g/mol. The standard InChI is InChI=1S/C34H66O2/c1-3-5-7-9-11-13-15-16-17-18-19-20-21-22-24-26-28-30-32-33(34(35)36)31-29-27-25-23-14-12-10-8-6-4-2/h16-17,33H,3-15,18-32H2,1-2H3,(H,35,36)/b17-16-. The van der Waals surface area contributed by atoms with Crippen molar-refractivity contribution >= 4 is 5.97 Å². The van der Waals surface area contributed by atoms with E-state index >= 15 is 0 Å². The maximum Gasteiger partial charge on any atom is 0.306 e. The lowest BCUT2D eigenvalue weighted by Gasteiger charge is -2.12. The highest BCUT2D eigenvalue weighted by atomic mass is 16.4. The lowest BCUT2D eigenvalue weighted by Crippen LogP contribution is -2.13. The summed E-state index contributed by atoms with van der Waals surface area (Å²) in [6, 6.07) is 0. The topological polar surface area (TPSA) is 37.3 Å². The molecule has 0 aliphatic heterocycles. The number of hydrogen-bond donors (Lipinski definition) is 1. The molecule has 0 bridgehead atoms. The van der Waals surface area contributed by atoms with Crippen molar-refractivity contribution in [2.75, 3.05) is 0 Å². The highest BCUT2D eigenvalue weighted by Gasteiger charge is 2.16. The molecule has 0 fully saturated rings. The van der Waals surface area contributed by atoms with E-state index in [2.05, 4.69) is 26.0 Å². The average molecular weight is 507 g/mol. The summed E-state index contributed by atoms with van der Waals surface area (Å²) in [6.07, 6.45) is 41.0. The number of rotatable bonds is 30. The van der Waals surface area contributed by atoms with Crippen LogP contribution < -0.4 is 0 Å². The van der Waals surface area contributed by atoms with Gasteiger partial charge in [0.25, 0.3) is 0 Å². The first-order chi connectivity index (χ1) is 17.7. The van der Waals surface area contributed by atoms with Crippen molar-refractivity contribution in [2.24, 2.45) is 5.92 Å². The Balaban J connectivity index is 3.42. The van der Waals surface area contributed by atoms with Gasteiger partial charge in [-0.25, -0.2) is 0 Å². The molecule has 36 heavy (non-hydrogen) atoms. The molecule has 0 aromatic carbocycles. The third-order valence-corrected chi connectivity index (χ3v) is 7.82. The van der Waals surface area contributed by atoms with Gasteiger partial charge in [-0.1, -0.05) is 167 Å². The molecule has 214 valence electrons. The van der Waals surface area contributed by atoms with E-state index < -0.39 is 5.97 Å². The Hall–Kier alpha value is -0.790. The fourth-order valence-corrected chi connectivity index (χ4v) is 5.26. The molecule has 0 heterocycles. The second-order valence-corrected chi connectivity index (χ2v) is 11.4. The number of allylic oxidation sites excluding steroid dienone is 2. The molecular formula is C34H66O2. The van der Waals surface area contributed by atoms with Crippen LogP contribution in [0.15, 0.2) is 12.2 Å². The second-order valence-electron chi connectivity index (χ2n) is 11.4. The Kier molecular flexibility index (Phi) is 29.8. The van der Waals surface area contributed by atoms with E-state index in [4.69, 9.17) is 0 Å². The number of aliphatic carboxylic acids is 1. The van der Waals surface area contributed by atoms with Crippen molar-refractivity contribution in [3.8, 4) is 0 Å².